The Labute approximate surface area is 324 Å². The number of aliphatic hydroxyl groups excluding tert-OH is 8. The second-order valence-corrected chi connectivity index (χ2v) is 17.6. The summed E-state index contributed by atoms with van der Waals surface area (Å²) in [6.45, 7) is -3.02. The van der Waals surface area contributed by atoms with E-state index >= 15 is 0 Å². The second-order valence-electron chi connectivity index (χ2n) is 13.0. The molecule has 0 spiro atoms. The molecule has 0 radical (unpaired) electrons. The molecule has 14 N–H and O–H groups in total. The smallest absolute Gasteiger partial charge is 0.394 e. The number of hydrogen-bond acceptors (Lipinski definition) is 19. The largest absolute Gasteiger partial charge is 0.469 e. The Balaban J connectivity index is 1.60. The number of rotatable bonds is 22. The van der Waals surface area contributed by atoms with Crippen molar-refractivity contribution in [3.8, 4) is 0 Å². The average Bonchev–Trinajstić information content (AvgIpc) is 3.15. The van der Waals surface area contributed by atoms with Gasteiger partial charge in [-0.3, -0.25) is 9.05 Å². The zero-order valence-corrected chi connectivity index (χ0v) is 32.5. The topological polar surface area (TPSA) is 385 Å². The fourth-order valence-corrected chi connectivity index (χ4v) is 7.87. The van der Waals surface area contributed by atoms with Crippen LogP contribution >= 0.6 is 15.6 Å². The predicted octanol–water partition coefficient (Wildman–Crippen LogP) is -2.76. The van der Waals surface area contributed by atoms with E-state index in [1.165, 1.54) is 18.2 Å². The van der Waals surface area contributed by atoms with Gasteiger partial charge in [-0.05, 0) is 49.2 Å². The molecule has 2 heterocycles. The van der Waals surface area contributed by atoms with Gasteiger partial charge in [-0.25, -0.2) is 22.5 Å². The highest BCUT2D eigenvalue weighted by atomic mass is 32.2. The zero-order chi connectivity index (χ0) is 42.3. The average molecular weight is 876 g/mol. The summed E-state index contributed by atoms with van der Waals surface area (Å²) in [6.07, 6.45) is -16.3. The molecule has 9 atom stereocenters. The minimum Gasteiger partial charge on any atom is -0.394 e. The van der Waals surface area contributed by atoms with Crippen molar-refractivity contribution in [2.45, 2.75) is 72.9 Å². The van der Waals surface area contributed by atoms with Crippen LogP contribution in [0, 0.1) is 0 Å². The fourth-order valence-electron chi connectivity index (χ4n) is 5.83. The van der Waals surface area contributed by atoms with Crippen LogP contribution in [-0.2, 0) is 37.5 Å². The van der Waals surface area contributed by atoms with Crippen molar-refractivity contribution in [3.05, 3.63) is 36.4 Å². The first-order valence-electron chi connectivity index (χ1n) is 17.2. The monoisotopic (exact) mass is 875 g/mol. The number of nitrogens with one attached hydrogen (secondary N) is 2. The van der Waals surface area contributed by atoms with E-state index in [4.69, 9.17) is 29.0 Å². The van der Waals surface area contributed by atoms with Crippen molar-refractivity contribution in [3.63, 3.8) is 0 Å². The molecular weight excluding hydrogens is 828 g/mol. The third kappa shape index (κ3) is 13.0. The molecule has 4 rings (SSSR count). The lowest BCUT2D eigenvalue weighted by atomic mass is 9.98. The standard InChI is InChI=1S/C31H47N3O20P2S/c35-14-23(38)30(54-31-29(42)28(41)27(40)24(15-36)53-31)26(39)22(37)13-33-16-3-5-20-18(11-16)25(32-7-1-8-51-55(43,44)45)19-12-17(4-6-21(19)34-20)57(49,50)10-2-9-52-56(46,47)48/h3-6,11-12,22-24,26-31,33,35-42H,1-2,7-10,13-15H2,(H,32,34)(H2,43,44,45)(H2,46,47,48)/t22-,23?,24?,26?,27-,28+,29?,30-,31+/m1/s1. The molecular formula is C31H47N3O20P2S. The number of benzene rings is 2. The molecule has 0 amide bonds. The van der Waals surface area contributed by atoms with E-state index in [1.54, 1.807) is 18.2 Å². The molecule has 1 aliphatic heterocycles. The van der Waals surface area contributed by atoms with Gasteiger partial charge in [-0.1, -0.05) is 0 Å². The van der Waals surface area contributed by atoms with Gasteiger partial charge in [0.15, 0.2) is 16.1 Å². The molecule has 2 aromatic carbocycles. The predicted molar refractivity (Wildman–Crippen MR) is 197 cm³/mol. The molecule has 322 valence electrons. The summed E-state index contributed by atoms with van der Waals surface area (Å²) in [5.41, 5.74) is 1.38. The maximum absolute atomic E-state index is 13.2. The van der Waals surface area contributed by atoms with Crippen LogP contribution in [0.3, 0.4) is 0 Å². The summed E-state index contributed by atoms with van der Waals surface area (Å²) >= 11 is 0. The highest BCUT2D eigenvalue weighted by Gasteiger charge is 2.46. The SMILES string of the molecule is O=P(O)(O)OCCCNc1c2cc(NC[C@@H](O)C(O)[C@H](O[C@@H]3OC(CO)[C@@H](O)[C@H](O)C3O)C(O)CO)ccc2nc2ccc(S(=O)(=O)CCCOP(=O)(O)O)cc12. The van der Waals surface area contributed by atoms with E-state index in [-0.39, 0.29) is 30.9 Å². The molecule has 4 unspecified atom stereocenters. The van der Waals surface area contributed by atoms with Crippen LogP contribution in [-0.4, -0.2) is 174 Å². The molecule has 3 aromatic rings. The molecule has 26 heteroatoms. The number of anilines is 2. The first kappa shape index (κ1) is 47.2. The number of aliphatic hydroxyl groups is 8. The Bertz CT molecular complexity index is 2000. The Hall–Kier alpha value is -2.52. The Morgan fingerprint density at radius 2 is 1.42 bits per heavy atom. The zero-order valence-electron chi connectivity index (χ0n) is 29.9. The summed E-state index contributed by atoms with van der Waals surface area (Å²) in [4.78, 5) is 40.3. The van der Waals surface area contributed by atoms with Gasteiger partial charge >= 0.3 is 15.6 Å². The molecule has 1 saturated heterocycles. The molecule has 0 bridgehead atoms. The van der Waals surface area contributed by atoms with Crippen LogP contribution in [0.5, 0.6) is 0 Å². The summed E-state index contributed by atoms with van der Waals surface area (Å²) in [5, 5.41) is 88.6. The Kier molecular flexibility index (Phi) is 16.7. The van der Waals surface area contributed by atoms with Gasteiger partial charge in [0, 0.05) is 29.5 Å². The molecule has 0 aliphatic carbocycles. The minimum absolute atomic E-state index is 0.0660. The van der Waals surface area contributed by atoms with E-state index in [0.717, 1.165) is 0 Å². The van der Waals surface area contributed by atoms with Crippen molar-refractivity contribution >= 4 is 58.7 Å². The number of ether oxygens (including phenoxy) is 2. The Morgan fingerprint density at radius 1 is 0.807 bits per heavy atom. The van der Waals surface area contributed by atoms with E-state index in [0.29, 0.717) is 33.2 Å². The highest BCUT2D eigenvalue weighted by Crippen LogP contribution is 2.38. The van der Waals surface area contributed by atoms with Crippen LogP contribution < -0.4 is 10.6 Å². The number of phosphoric acid groups is 2. The second kappa shape index (κ2) is 20.2. The molecule has 57 heavy (non-hydrogen) atoms. The van der Waals surface area contributed by atoms with Crippen LogP contribution in [0.4, 0.5) is 11.4 Å². The lowest BCUT2D eigenvalue weighted by Gasteiger charge is -2.42. The molecule has 1 fully saturated rings. The van der Waals surface area contributed by atoms with Crippen LogP contribution in [0.2, 0.25) is 0 Å². The number of hydrogen-bond donors (Lipinski definition) is 14. The van der Waals surface area contributed by atoms with Gasteiger partial charge in [-0.15, -0.1) is 0 Å². The molecule has 0 saturated carbocycles. The fraction of sp³-hybridized carbons (Fsp3) is 0.581. The van der Waals surface area contributed by atoms with E-state index in [9.17, 15) is 58.4 Å². The molecule has 1 aliphatic rings. The van der Waals surface area contributed by atoms with Gasteiger partial charge in [0.05, 0.1) is 59.9 Å². The quantitative estimate of drug-likeness (QED) is 0.0276. The van der Waals surface area contributed by atoms with Crippen molar-refractivity contribution in [2.24, 2.45) is 0 Å². The number of nitrogens with zero attached hydrogens (tertiary/aromatic N) is 1. The van der Waals surface area contributed by atoms with Gasteiger partial charge in [-0.2, -0.15) is 0 Å². The number of phosphoric ester groups is 2. The molecule has 23 nitrogen and oxygen atoms in total. The summed E-state index contributed by atoms with van der Waals surface area (Å²) in [7, 11) is -13.6. The highest BCUT2D eigenvalue weighted by molar-refractivity contribution is 7.91. The third-order valence-corrected chi connectivity index (χ3v) is 11.6. The van der Waals surface area contributed by atoms with Crippen LogP contribution in [0.25, 0.3) is 21.8 Å². The maximum atomic E-state index is 13.2. The van der Waals surface area contributed by atoms with Gasteiger partial charge in [0.1, 0.15) is 42.7 Å². The van der Waals surface area contributed by atoms with Gasteiger partial charge in [0.2, 0.25) is 0 Å². The lowest BCUT2D eigenvalue weighted by Crippen LogP contribution is -2.61. The van der Waals surface area contributed by atoms with Crippen LogP contribution in [0.1, 0.15) is 12.8 Å². The van der Waals surface area contributed by atoms with Crippen LogP contribution in [0.15, 0.2) is 41.3 Å². The first-order valence-corrected chi connectivity index (χ1v) is 22.0. The van der Waals surface area contributed by atoms with E-state index < -0.39 is 113 Å². The van der Waals surface area contributed by atoms with Crippen molar-refractivity contribution in [2.75, 3.05) is 55.9 Å². The lowest BCUT2D eigenvalue weighted by molar-refractivity contribution is -0.326. The van der Waals surface area contributed by atoms with Crippen molar-refractivity contribution in [1.29, 1.82) is 0 Å². The number of aromatic nitrogens is 1. The molecule has 1 aromatic heterocycles. The summed E-state index contributed by atoms with van der Waals surface area (Å²) < 4.78 is 68.1. The minimum atomic E-state index is -4.81. The van der Waals surface area contributed by atoms with Gasteiger partial charge < -0.3 is 80.5 Å². The van der Waals surface area contributed by atoms with E-state index in [2.05, 4.69) is 24.7 Å². The number of sulfone groups is 1. The van der Waals surface area contributed by atoms with E-state index in [1.807, 2.05) is 0 Å². The number of pyridine rings is 1. The van der Waals surface area contributed by atoms with Crippen molar-refractivity contribution < 1.29 is 96.5 Å². The summed E-state index contributed by atoms with van der Waals surface area (Å²) in [5.74, 6) is -0.520. The van der Waals surface area contributed by atoms with Gasteiger partial charge in [0.25, 0.3) is 0 Å². The normalized spacial score (nSPS) is 23.0. The Morgan fingerprint density at radius 3 is 2.04 bits per heavy atom. The third-order valence-electron chi connectivity index (χ3n) is 8.75. The number of fused-ring (bicyclic) bond motifs is 2. The van der Waals surface area contributed by atoms with Crippen molar-refractivity contribution in [1.82, 2.24) is 4.98 Å². The first-order chi connectivity index (χ1) is 26.7. The maximum Gasteiger partial charge on any atom is 0.469 e. The summed E-state index contributed by atoms with van der Waals surface area (Å²) in [6, 6.07) is 8.78.